The van der Waals surface area contributed by atoms with E-state index < -0.39 is 0 Å². The second kappa shape index (κ2) is 5.84. The van der Waals surface area contributed by atoms with Crippen molar-refractivity contribution in [2.75, 3.05) is 20.1 Å². The first-order chi connectivity index (χ1) is 12.1. The van der Waals surface area contributed by atoms with Crippen molar-refractivity contribution in [1.29, 1.82) is 0 Å². The van der Waals surface area contributed by atoms with Crippen LogP contribution in [0.1, 0.15) is 29.3 Å². The number of fused-ring (bicyclic) bond motifs is 4. The molecule has 1 aromatic heterocycles. The Morgan fingerprint density at radius 3 is 2.76 bits per heavy atom. The van der Waals surface area contributed by atoms with Crippen molar-refractivity contribution in [3.05, 3.63) is 56.7 Å². The average Bonchev–Trinajstić information content (AvgIpc) is 3.25. The summed E-state index contributed by atoms with van der Waals surface area (Å²) >= 11 is 5.34. The van der Waals surface area contributed by atoms with Gasteiger partial charge in [0.05, 0.1) is 20.4 Å². The van der Waals surface area contributed by atoms with Crippen LogP contribution in [0.25, 0.3) is 5.70 Å². The molecular weight excluding hydrogens is 398 g/mol. The summed E-state index contributed by atoms with van der Waals surface area (Å²) in [6.07, 6.45) is 4.34. The Morgan fingerprint density at radius 1 is 1.20 bits per heavy atom. The molecule has 1 spiro atoms. The summed E-state index contributed by atoms with van der Waals surface area (Å²) in [6, 6.07) is 12.9. The predicted molar refractivity (Wildman–Crippen MR) is 104 cm³/mol. The summed E-state index contributed by atoms with van der Waals surface area (Å²) in [5.41, 5.74) is 5.82. The van der Waals surface area contributed by atoms with Crippen LogP contribution in [0.3, 0.4) is 0 Å². The van der Waals surface area contributed by atoms with Crippen molar-refractivity contribution in [3.63, 3.8) is 0 Å². The van der Waals surface area contributed by atoms with Crippen molar-refractivity contribution in [3.8, 4) is 5.75 Å². The highest BCUT2D eigenvalue weighted by Crippen LogP contribution is 2.48. The lowest BCUT2D eigenvalue weighted by Gasteiger charge is -2.51. The monoisotopic (exact) mass is 417 g/mol. The molecule has 2 aromatic rings. The molecule has 1 N–H and O–H groups in total. The van der Waals surface area contributed by atoms with E-state index in [-0.39, 0.29) is 11.8 Å². The fraction of sp³-hybridized carbons (Fsp3) is 0.368. The molecule has 1 atom stereocenters. The van der Waals surface area contributed by atoms with Gasteiger partial charge in [-0.3, -0.25) is 0 Å². The number of para-hydroxylation sites is 1. The van der Waals surface area contributed by atoms with Crippen molar-refractivity contribution in [2.45, 2.75) is 24.6 Å². The Bertz CT molecular complexity index is 841. The highest BCUT2D eigenvalue weighted by atomic mass is 79.9. The molecule has 0 unspecified atom stereocenters. The van der Waals surface area contributed by atoms with E-state index in [4.69, 9.17) is 4.74 Å². The van der Waals surface area contributed by atoms with Gasteiger partial charge in [-0.15, -0.1) is 11.3 Å². The van der Waals surface area contributed by atoms with Crippen molar-refractivity contribution >= 4 is 33.0 Å². The molecule has 0 bridgehead atoms. The topological polar surface area (TPSA) is 27.7 Å². The second-order valence-electron chi connectivity index (χ2n) is 7.00. The number of piperidine rings is 1. The number of rotatable bonds is 1. The number of hydrazine groups is 1. The van der Waals surface area contributed by atoms with Crippen LogP contribution >= 0.6 is 27.3 Å². The molecule has 0 radical (unpaired) electrons. The molecule has 3 aliphatic heterocycles. The van der Waals surface area contributed by atoms with Crippen LogP contribution in [-0.4, -0.2) is 35.8 Å². The summed E-state index contributed by atoms with van der Waals surface area (Å²) in [7, 11) is 2.19. The van der Waals surface area contributed by atoms with Gasteiger partial charge in [-0.05, 0) is 47.3 Å². The Kier molecular flexibility index (Phi) is 3.71. The highest BCUT2D eigenvalue weighted by molar-refractivity contribution is 9.11. The van der Waals surface area contributed by atoms with E-state index in [1.54, 1.807) is 11.3 Å². The molecule has 25 heavy (non-hydrogen) atoms. The van der Waals surface area contributed by atoms with E-state index in [2.05, 4.69) is 80.8 Å². The van der Waals surface area contributed by atoms with Gasteiger partial charge in [-0.1, -0.05) is 18.2 Å². The molecule has 5 rings (SSSR count). The van der Waals surface area contributed by atoms with E-state index in [1.807, 2.05) is 0 Å². The predicted octanol–water partition coefficient (Wildman–Crippen LogP) is 4.23. The number of hydrogen-bond donors (Lipinski definition) is 1. The fourth-order valence-electron chi connectivity index (χ4n) is 4.03. The number of nitrogens with one attached hydrogen (secondary N) is 1. The zero-order valence-corrected chi connectivity index (χ0v) is 16.4. The first-order valence-electron chi connectivity index (χ1n) is 8.65. The third kappa shape index (κ3) is 2.54. The lowest BCUT2D eigenvalue weighted by molar-refractivity contribution is -0.157. The van der Waals surface area contributed by atoms with Crippen LogP contribution in [0.5, 0.6) is 5.75 Å². The smallest absolute Gasteiger partial charge is 0.182 e. The Labute approximate surface area is 160 Å². The molecule has 1 saturated heterocycles. The lowest BCUT2D eigenvalue weighted by atomic mass is 9.93. The molecule has 4 nitrogen and oxygen atoms in total. The van der Waals surface area contributed by atoms with Gasteiger partial charge in [-0.2, -0.15) is 5.01 Å². The molecule has 0 saturated carbocycles. The van der Waals surface area contributed by atoms with E-state index in [9.17, 15) is 0 Å². The number of hydrogen-bond acceptors (Lipinski definition) is 5. The second-order valence-corrected chi connectivity index (χ2v) is 9.46. The summed E-state index contributed by atoms with van der Waals surface area (Å²) in [6.45, 7) is 2.10. The van der Waals surface area contributed by atoms with Crippen LogP contribution in [0.4, 0.5) is 0 Å². The van der Waals surface area contributed by atoms with E-state index in [0.717, 1.165) is 35.5 Å². The minimum absolute atomic E-state index is 0.212. The first kappa shape index (κ1) is 15.9. The first-order valence-corrected chi connectivity index (χ1v) is 10.3. The Balaban J connectivity index is 1.57. The molecule has 130 valence electrons. The van der Waals surface area contributed by atoms with Gasteiger partial charge in [0, 0.05) is 31.5 Å². The zero-order chi connectivity index (χ0) is 17.0. The highest BCUT2D eigenvalue weighted by Gasteiger charge is 2.51. The van der Waals surface area contributed by atoms with Crippen LogP contribution in [0.15, 0.2) is 46.3 Å². The summed E-state index contributed by atoms with van der Waals surface area (Å²) in [5.74, 6) is 1.03. The van der Waals surface area contributed by atoms with Crippen molar-refractivity contribution < 1.29 is 4.74 Å². The standard InChI is InChI=1S/C19H20BrN3OS/c1-22-10-8-19(9-11-22)23-15(13-4-2-3-5-16(13)24-19)12-14(21-23)17-6-7-18(20)25-17/h2-7,12,15,21H,8-11H2,1H3/t15-/m0/s1. The fourth-order valence-corrected chi connectivity index (χ4v) is 5.39. The van der Waals surface area contributed by atoms with Crippen molar-refractivity contribution in [2.24, 2.45) is 0 Å². The average molecular weight is 418 g/mol. The molecule has 6 heteroatoms. The number of likely N-dealkylation sites (tertiary alicyclic amines) is 1. The number of benzene rings is 1. The maximum Gasteiger partial charge on any atom is 0.182 e. The summed E-state index contributed by atoms with van der Waals surface area (Å²) < 4.78 is 7.76. The molecule has 1 fully saturated rings. The quantitative estimate of drug-likeness (QED) is 0.751. The number of thiophene rings is 1. The van der Waals surface area contributed by atoms with Gasteiger partial charge < -0.3 is 15.1 Å². The third-order valence-electron chi connectivity index (χ3n) is 5.43. The van der Waals surface area contributed by atoms with Gasteiger partial charge in [0.15, 0.2) is 5.72 Å². The van der Waals surface area contributed by atoms with E-state index >= 15 is 0 Å². The van der Waals surface area contributed by atoms with Crippen LogP contribution < -0.4 is 10.2 Å². The maximum atomic E-state index is 6.61. The normalized spacial score (nSPS) is 25.0. The van der Waals surface area contributed by atoms with Gasteiger partial charge in [-0.25, -0.2) is 0 Å². The summed E-state index contributed by atoms with van der Waals surface area (Å²) in [4.78, 5) is 3.63. The van der Waals surface area contributed by atoms with Crippen molar-refractivity contribution in [1.82, 2.24) is 15.3 Å². The van der Waals surface area contributed by atoms with Crippen LogP contribution in [0, 0.1) is 0 Å². The summed E-state index contributed by atoms with van der Waals surface area (Å²) in [5, 5.41) is 2.35. The Hall–Kier alpha value is -1.34. The zero-order valence-electron chi connectivity index (χ0n) is 14.0. The van der Waals surface area contributed by atoms with Crippen LogP contribution in [-0.2, 0) is 0 Å². The number of ether oxygens (including phenoxy) is 1. The molecule has 3 aliphatic rings. The molecule has 0 aliphatic carbocycles. The minimum atomic E-state index is -0.279. The molecular formula is C19H20BrN3OS. The number of nitrogens with zero attached hydrogens (tertiary/aromatic N) is 2. The SMILES string of the molecule is CN1CCC2(CC1)Oc1ccccc1[C@@H]1C=C(c3ccc(Br)s3)NN12. The number of halogens is 1. The van der Waals surface area contributed by atoms with E-state index in [1.165, 1.54) is 16.1 Å². The molecule has 4 heterocycles. The van der Waals surface area contributed by atoms with Gasteiger partial charge in [0.2, 0.25) is 0 Å². The molecule has 1 aromatic carbocycles. The largest absolute Gasteiger partial charge is 0.470 e. The van der Waals surface area contributed by atoms with E-state index in [0.29, 0.717) is 0 Å². The lowest BCUT2D eigenvalue weighted by Crippen LogP contribution is -2.63. The third-order valence-corrected chi connectivity index (χ3v) is 7.08. The molecule has 0 amide bonds. The van der Waals surface area contributed by atoms with Gasteiger partial charge >= 0.3 is 0 Å². The van der Waals surface area contributed by atoms with Gasteiger partial charge in [0.1, 0.15) is 5.75 Å². The van der Waals surface area contributed by atoms with Crippen LogP contribution in [0.2, 0.25) is 0 Å². The van der Waals surface area contributed by atoms with Gasteiger partial charge in [0.25, 0.3) is 0 Å². The maximum absolute atomic E-state index is 6.61. The Morgan fingerprint density at radius 2 is 2.00 bits per heavy atom. The minimum Gasteiger partial charge on any atom is -0.470 e.